The highest BCUT2D eigenvalue weighted by Crippen LogP contribution is 1.96. The fourth-order valence-electron chi connectivity index (χ4n) is 0.433. The maximum Gasteiger partial charge on any atom is 0.380 e. The number of Topliss-reactive ketones (excluding diaryl/α,β-unsaturated/α-hetero) is 1. The van der Waals surface area contributed by atoms with E-state index in [0.29, 0.717) is 0 Å². The number of carboxylic acid groups (broad SMARTS) is 1. The highest BCUT2D eigenvalue weighted by atomic mass is 16.4. The molecule has 1 heterocycles. The van der Waals surface area contributed by atoms with Gasteiger partial charge >= 0.3 is 11.8 Å². The lowest BCUT2D eigenvalue weighted by Gasteiger charge is -1.83. The fraction of sp³-hybridized carbons (Fsp3) is 0. The number of hydrogen-bond acceptors (Lipinski definition) is 4. The molecule has 10 heavy (non-hydrogen) atoms. The van der Waals surface area contributed by atoms with Crippen LogP contribution in [0.25, 0.3) is 0 Å². The largest absolute Gasteiger partial charge is 0.475 e. The molecule has 1 aromatic heterocycles. The molecule has 0 fully saturated rings. The van der Waals surface area contributed by atoms with Gasteiger partial charge in [-0.05, 0) is 0 Å². The van der Waals surface area contributed by atoms with Gasteiger partial charge in [-0.1, -0.05) is 0 Å². The van der Waals surface area contributed by atoms with Crippen LogP contribution in [-0.4, -0.2) is 21.8 Å². The molecule has 5 nitrogen and oxygen atoms in total. The van der Waals surface area contributed by atoms with Gasteiger partial charge in [-0.15, -0.1) is 0 Å². The van der Waals surface area contributed by atoms with E-state index in [1.165, 1.54) is 0 Å². The smallest absolute Gasteiger partial charge is 0.380 e. The number of carboxylic acids is 1. The Balaban J connectivity index is 2.88. The predicted molar refractivity (Wildman–Crippen MR) is 28.5 cm³/mol. The molecule has 0 aliphatic heterocycles. The Morgan fingerprint density at radius 1 is 1.60 bits per heavy atom. The molecular weight excluding hydrogens is 138 g/mol. The van der Waals surface area contributed by atoms with Gasteiger partial charge in [0.05, 0.1) is 6.20 Å². The molecule has 52 valence electrons. The fourth-order valence-corrected chi connectivity index (χ4v) is 0.433. The van der Waals surface area contributed by atoms with Crippen LogP contribution in [0.2, 0.25) is 0 Å². The van der Waals surface area contributed by atoms with Crippen molar-refractivity contribution >= 4 is 11.8 Å². The van der Waals surface area contributed by atoms with Crippen molar-refractivity contribution in [1.29, 1.82) is 0 Å². The van der Waals surface area contributed by atoms with Gasteiger partial charge < -0.3 is 9.52 Å². The van der Waals surface area contributed by atoms with E-state index in [0.717, 1.165) is 12.6 Å². The first-order chi connectivity index (χ1) is 4.72. The normalized spacial score (nSPS) is 9.20. The molecule has 0 atom stereocenters. The van der Waals surface area contributed by atoms with E-state index in [4.69, 9.17) is 5.11 Å². The number of ketones is 1. The third-order valence-electron chi connectivity index (χ3n) is 0.850. The van der Waals surface area contributed by atoms with Crippen molar-refractivity contribution in [1.82, 2.24) is 4.98 Å². The van der Waals surface area contributed by atoms with Crippen LogP contribution in [0.5, 0.6) is 0 Å². The van der Waals surface area contributed by atoms with Crippen molar-refractivity contribution < 1.29 is 19.1 Å². The van der Waals surface area contributed by atoms with Crippen molar-refractivity contribution in [3.8, 4) is 0 Å². The third-order valence-corrected chi connectivity index (χ3v) is 0.850. The lowest BCUT2D eigenvalue weighted by molar-refractivity contribution is -0.131. The average Bonchev–Trinajstić information content (AvgIpc) is 2.36. The lowest BCUT2D eigenvalue weighted by atomic mass is 10.3. The molecule has 0 saturated heterocycles. The van der Waals surface area contributed by atoms with Crippen LogP contribution in [0.15, 0.2) is 17.0 Å². The molecule has 1 aromatic rings. The first-order valence-corrected chi connectivity index (χ1v) is 2.38. The molecule has 0 spiro atoms. The number of carbonyl (C=O) groups is 2. The van der Waals surface area contributed by atoms with Crippen LogP contribution < -0.4 is 0 Å². The standard InChI is InChI=1S/C5H3NO4/c7-4(5(8)9)3-1-6-2-10-3/h1-2H,(H,8,9). The molecule has 0 unspecified atom stereocenters. The summed E-state index contributed by atoms with van der Waals surface area (Å²) in [5, 5.41) is 8.12. The van der Waals surface area contributed by atoms with Crippen molar-refractivity contribution in [2.45, 2.75) is 0 Å². The molecule has 0 aromatic carbocycles. The topological polar surface area (TPSA) is 80.4 Å². The first-order valence-electron chi connectivity index (χ1n) is 2.38. The molecule has 0 saturated carbocycles. The molecule has 0 amide bonds. The quantitative estimate of drug-likeness (QED) is 0.461. The van der Waals surface area contributed by atoms with Crippen LogP contribution >= 0.6 is 0 Å². The van der Waals surface area contributed by atoms with Gasteiger partial charge in [0, 0.05) is 0 Å². The van der Waals surface area contributed by atoms with E-state index in [-0.39, 0.29) is 5.76 Å². The van der Waals surface area contributed by atoms with Crippen LogP contribution in [-0.2, 0) is 4.79 Å². The zero-order chi connectivity index (χ0) is 7.56. The van der Waals surface area contributed by atoms with Crippen LogP contribution in [0, 0.1) is 0 Å². The van der Waals surface area contributed by atoms with Crippen molar-refractivity contribution in [2.24, 2.45) is 0 Å². The van der Waals surface area contributed by atoms with Gasteiger partial charge in [-0.2, -0.15) is 0 Å². The summed E-state index contributed by atoms with van der Waals surface area (Å²) in [5.74, 6) is -2.89. The summed E-state index contributed by atoms with van der Waals surface area (Å²) in [6.45, 7) is 0. The molecule has 1 rings (SSSR count). The maximum atomic E-state index is 10.5. The van der Waals surface area contributed by atoms with Gasteiger partial charge in [0.1, 0.15) is 0 Å². The second-order valence-electron chi connectivity index (χ2n) is 1.50. The zero-order valence-corrected chi connectivity index (χ0v) is 4.77. The summed E-state index contributed by atoms with van der Waals surface area (Å²) in [4.78, 5) is 23.8. The summed E-state index contributed by atoms with van der Waals surface area (Å²) >= 11 is 0. The number of aliphatic carboxylic acids is 1. The summed E-state index contributed by atoms with van der Waals surface area (Å²) in [6, 6.07) is 0. The Bertz CT molecular complexity index is 251. The van der Waals surface area contributed by atoms with Gasteiger partial charge in [0.2, 0.25) is 5.76 Å². The van der Waals surface area contributed by atoms with Crippen LogP contribution in [0.1, 0.15) is 10.6 Å². The third kappa shape index (κ3) is 1.02. The average molecular weight is 141 g/mol. The number of oxazole rings is 1. The molecule has 0 aliphatic rings. The zero-order valence-electron chi connectivity index (χ0n) is 4.77. The molecule has 0 bridgehead atoms. The summed E-state index contributed by atoms with van der Waals surface area (Å²) in [7, 11) is 0. The monoisotopic (exact) mass is 141 g/mol. The van der Waals surface area contributed by atoms with E-state index in [1.54, 1.807) is 0 Å². The SMILES string of the molecule is O=C(O)C(=O)c1cnco1. The minimum absolute atomic E-state index is 0.257. The maximum absolute atomic E-state index is 10.5. The molecule has 0 radical (unpaired) electrons. The van der Waals surface area contributed by atoms with Gasteiger partial charge in [-0.3, -0.25) is 4.79 Å². The second-order valence-corrected chi connectivity index (χ2v) is 1.50. The summed E-state index contributed by atoms with van der Waals surface area (Å²) in [6.07, 6.45) is 2.05. The first kappa shape index (κ1) is 6.47. The Morgan fingerprint density at radius 2 is 2.30 bits per heavy atom. The van der Waals surface area contributed by atoms with E-state index < -0.39 is 11.8 Å². The minimum Gasteiger partial charge on any atom is -0.475 e. The molecule has 5 heteroatoms. The van der Waals surface area contributed by atoms with Crippen molar-refractivity contribution in [3.05, 3.63) is 18.4 Å². The molecule has 0 aliphatic carbocycles. The number of rotatable bonds is 2. The Kier molecular flexibility index (Phi) is 1.49. The van der Waals surface area contributed by atoms with E-state index in [2.05, 4.69) is 9.40 Å². The molecular formula is C5H3NO4. The second kappa shape index (κ2) is 2.30. The minimum atomic E-state index is -1.54. The predicted octanol–water partition coefficient (Wildman–Crippen LogP) is -0.0581. The van der Waals surface area contributed by atoms with Gasteiger partial charge in [0.25, 0.3) is 0 Å². The van der Waals surface area contributed by atoms with Crippen molar-refractivity contribution in [2.75, 3.05) is 0 Å². The van der Waals surface area contributed by atoms with Crippen LogP contribution in [0.3, 0.4) is 0 Å². The van der Waals surface area contributed by atoms with E-state index >= 15 is 0 Å². The number of carbonyl (C=O) groups excluding carboxylic acids is 1. The highest BCUT2D eigenvalue weighted by molar-refractivity contribution is 6.38. The summed E-state index contributed by atoms with van der Waals surface area (Å²) < 4.78 is 4.42. The van der Waals surface area contributed by atoms with E-state index in [9.17, 15) is 9.59 Å². The Labute approximate surface area is 55.3 Å². The van der Waals surface area contributed by atoms with Gasteiger partial charge in [-0.25, -0.2) is 9.78 Å². The number of hydrogen-bond donors (Lipinski definition) is 1. The molecule has 1 N–H and O–H groups in total. The lowest BCUT2D eigenvalue weighted by Crippen LogP contribution is -2.11. The van der Waals surface area contributed by atoms with Gasteiger partial charge in [0.15, 0.2) is 6.39 Å². The van der Waals surface area contributed by atoms with Crippen molar-refractivity contribution in [3.63, 3.8) is 0 Å². The Morgan fingerprint density at radius 3 is 2.70 bits per heavy atom. The Hall–Kier alpha value is -1.65. The number of aromatic nitrogens is 1. The summed E-state index contributed by atoms with van der Waals surface area (Å²) in [5.41, 5.74) is 0. The van der Waals surface area contributed by atoms with E-state index in [1.807, 2.05) is 0 Å². The van der Waals surface area contributed by atoms with Crippen LogP contribution in [0.4, 0.5) is 0 Å². The highest BCUT2D eigenvalue weighted by Gasteiger charge is 2.17. The number of nitrogens with zero attached hydrogens (tertiary/aromatic N) is 1.